The Morgan fingerprint density at radius 2 is 1.95 bits per heavy atom. The molecule has 1 unspecified atom stereocenters. The summed E-state index contributed by atoms with van der Waals surface area (Å²) < 4.78 is 5.26. The van der Waals surface area contributed by atoms with Crippen molar-refractivity contribution in [2.45, 2.75) is 17.7 Å². The highest BCUT2D eigenvalue weighted by molar-refractivity contribution is 7.98. The molecule has 0 saturated carbocycles. The smallest absolute Gasteiger partial charge is 0.308 e. The monoisotopic (exact) mass is 323 g/mol. The Balaban J connectivity index is 1.93. The van der Waals surface area contributed by atoms with E-state index in [1.165, 1.54) is 0 Å². The highest BCUT2D eigenvalue weighted by Crippen LogP contribution is 2.24. The van der Waals surface area contributed by atoms with Crippen molar-refractivity contribution in [1.82, 2.24) is 5.32 Å². The first kappa shape index (κ1) is 16.8. The summed E-state index contributed by atoms with van der Waals surface area (Å²) in [6.45, 7) is 1.35. The van der Waals surface area contributed by atoms with Crippen molar-refractivity contribution in [3.63, 3.8) is 0 Å². The maximum absolute atomic E-state index is 12.1. The van der Waals surface area contributed by atoms with Gasteiger partial charge in [-0.1, -0.05) is 0 Å². The molecule has 1 fully saturated rings. The van der Waals surface area contributed by atoms with Crippen LogP contribution in [0.3, 0.4) is 0 Å². The lowest BCUT2D eigenvalue weighted by Crippen LogP contribution is -2.38. The van der Waals surface area contributed by atoms with Gasteiger partial charge in [0.25, 0.3) is 5.91 Å². The fraction of sp³-hybridized carbons (Fsp3) is 0.500. The van der Waals surface area contributed by atoms with Gasteiger partial charge < -0.3 is 15.2 Å². The van der Waals surface area contributed by atoms with Gasteiger partial charge in [0.05, 0.1) is 5.92 Å². The van der Waals surface area contributed by atoms with E-state index in [1.807, 2.05) is 18.4 Å². The third-order valence-electron chi connectivity index (χ3n) is 3.99. The first-order valence-corrected chi connectivity index (χ1v) is 8.57. The lowest BCUT2D eigenvalue weighted by Gasteiger charge is -2.27. The van der Waals surface area contributed by atoms with Crippen LogP contribution in [0.25, 0.3) is 0 Å². The van der Waals surface area contributed by atoms with Crippen LogP contribution in [0, 0.1) is 11.8 Å². The number of carboxylic acids is 1. The van der Waals surface area contributed by atoms with Crippen molar-refractivity contribution in [3.8, 4) is 0 Å². The van der Waals surface area contributed by atoms with Crippen LogP contribution in [-0.4, -0.2) is 43.0 Å². The molecule has 0 spiro atoms. The molecule has 5 nitrogen and oxygen atoms in total. The molecule has 1 aromatic rings. The number of ether oxygens (including phenoxy) is 1. The maximum Gasteiger partial charge on any atom is 0.308 e. The molecule has 0 aromatic heterocycles. The largest absolute Gasteiger partial charge is 0.481 e. The van der Waals surface area contributed by atoms with Crippen LogP contribution in [-0.2, 0) is 9.53 Å². The second-order valence-electron chi connectivity index (χ2n) is 5.33. The van der Waals surface area contributed by atoms with Crippen LogP contribution in [0.1, 0.15) is 23.2 Å². The molecule has 2 N–H and O–H groups in total. The molecular weight excluding hydrogens is 302 g/mol. The number of nitrogens with one attached hydrogen (secondary N) is 1. The Kier molecular flexibility index (Phi) is 6.27. The van der Waals surface area contributed by atoms with E-state index in [-0.39, 0.29) is 18.4 Å². The zero-order valence-corrected chi connectivity index (χ0v) is 13.4. The van der Waals surface area contributed by atoms with Crippen LogP contribution in [0.15, 0.2) is 29.2 Å². The number of carbonyl (C=O) groups excluding carboxylic acids is 1. The molecule has 1 saturated heterocycles. The second-order valence-corrected chi connectivity index (χ2v) is 6.21. The van der Waals surface area contributed by atoms with Gasteiger partial charge in [0.2, 0.25) is 0 Å². The van der Waals surface area contributed by atoms with E-state index in [0.29, 0.717) is 18.8 Å². The molecular formula is C16H21NO4S. The van der Waals surface area contributed by atoms with Gasteiger partial charge in [-0.05, 0) is 49.3 Å². The van der Waals surface area contributed by atoms with Crippen molar-refractivity contribution in [3.05, 3.63) is 29.8 Å². The summed E-state index contributed by atoms with van der Waals surface area (Å²) >= 11 is 1.61. The average Bonchev–Trinajstić information content (AvgIpc) is 2.55. The van der Waals surface area contributed by atoms with Crippen LogP contribution in [0.4, 0.5) is 0 Å². The summed E-state index contributed by atoms with van der Waals surface area (Å²) in [6, 6.07) is 7.27. The minimum atomic E-state index is -0.857. The van der Waals surface area contributed by atoms with Gasteiger partial charge in [0.1, 0.15) is 0 Å². The molecule has 0 aliphatic carbocycles. The van der Waals surface area contributed by atoms with Crippen LogP contribution < -0.4 is 5.32 Å². The highest BCUT2D eigenvalue weighted by Gasteiger charge is 2.30. The average molecular weight is 323 g/mol. The molecule has 22 heavy (non-hydrogen) atoms. The molecule has 120 valence electrons. The van der Waals surface area contributed by atoms with Crippen molar-refractivity contribution in [1.29, 1.82) is 0 Å². The van der Waals surface area contributed by atoms with Gasteiger partial charge in [-0.15, -0.1) is 11.8 Å². The number of aliphatic carboxylic acids is 1. The molecule has 2 rings (SSSR count). The fourth-order valence-corrected chi connectivity index (χ4v) is 3.03. The summed E-state index contributed by atoms with van der Waals surface area (Å²) in [5.74, 6) is -1.58. The minimum Gasteiger partial charge on any atom is -0.481 e. The Morgan fingerprint density at radius 1 is 1.32 bits per heavy atom. The Labute approximate surface area is 134 Å². The number of carbonyl (C=O) groups is 2. The first-order chi connectivity index (χ1) is 10.6. The zero-order chi connectivity index (χ0) is 15.9. The van der Waals surface area contributed by atoms with E-state index < -0.39 is 11.9 Å². The number of hydrogen-bond acceptors (Lipinski definition) is 4. The fourth-order valence-electron chi connectivity index (χ4n) is 2.62. The molecule has 1 heterocycles. The number of rotatable bonds is 6. The van der Waals surface area contributed by atoms with Crippen LogP contribution >= 0.6 is 11.8 Å². The number of hydrogen-bond donors (Lipinski definition) is 2. The van der Waals surface area contributed by atoms with Gasteiger partial charge in [-0.3, -0.25) is 9.59 Å². The summed E-state index contributed by atoms with van der Waals surface area (Å²) in [6.07, 6.45) is 3.44. The molecule has 6 heteroatoms. The van der Waals surface area contributed by atoms with E-state index >= 15 is 0 Å². The first-order valence-electron chi connectivity index (χ1n) is 7.34. The van der Waals surface area contributed by atoms with Crippen LogP contribution in [0.5, 0.6) is 0 Å². The predicted octanol–water partition coefficient (Wildman–Crippen LogP) is 2.27. The number of thioether (sulfide) groups is 1. The SMILES string of the molecule is CSc1ccc(C(=O)NCC(C(=O)O)C2CCOCC2)cc1. The third-order valence-corrected chi connectivity index (χ3v) is 4.73. The molecule has 1 aromatic carbocycles. The molecule has 0 radical (unpaired) electrons. The number of amides is 1. The Bertz CT molecular complexity index is 511. The maximum atomic E-state index is 12.1. The molecule has 1 atom stereocenters. The lowest BCUT2D eigenvalue weighted by atomic mass is 9.86. The topological polar surface area (TPSA) is 75.6 Å². The van der Waals surface area contributed by atoms with E-state index in [4.69, 9.17) is 4.74 Å². The van der Waals surface area contributed by atoms with Gasteiger partial charge in [-0.2, -0.15) is 0 Å². The summed E-state index contributed by atoms with van der Waals surface area (Å²) in [5.41, 5.74) is 0.550. The third kappa shape index (κ3) is 4.48. The summed E-state index contributed by atoms with van der Waals surface area (Å²) in [4.78, 5) is 24.6. The zero-order valence-electron chi connectivity index (χ0n) is 12.6. The van der Waals surface area contributed by atoms with E-state index in [9.17, 15) is 14.7 Å². The van der Waals surface area contributed by atoms with Crippen molar-refractivity contribution < 1.29 is 19.4 Å². The van der Waals surface area contributed by atoms with E-state index in [0.717, 1.165) is 17.7 Å². The summed E-state index contributed by atoms with van der Waals surface area (Å²) in [5, 5.41) is 12.1. The second kappa shape index (κ2) is 8.19. The molecule has 0 bridgehead atoms. The van der Waals surface area contributed by atoms with Gasteiger partial charge in [-0.25, -0.2) is 0 Å². The Hall–Kier alpha value is -1.53. The highest BCUT2D eigenvalue weighted by atomic mass is 32.2. The molecule has 1 aliphatic rings. The Morgan fingerprint density at radius 3 is 2.50 bits per heavy atom. The molecule has 1 amide bonds. The van der Waals surface area contributed by atoms with Crippen molar-refractivity contribution >= 4 is 23.6 Å². The number of benzene rings is 1. The van der Waals surface area contributed by atoms with E-state index in [1.54, 1.807) is 23.9 Å². The predicted molar refractivity (Wildman–Crippen MR) is 85.2 cm³/mol. The van der Waals surface area contributed by atoms with Crippen molar-refractivity contribution in [2.24, 2.45) is 11.8 Å². The normalized spacial score (nSPS) is 17.0. The van der Waals surface area contributed by atoms with Crippen molar-refractivity contribution in [2.75, 3.05) is 26.0 Å². The van der Waals surface area contributed by atoms with E-state index in [2.05, 4.69) is 5.32 Å². The van der Waals surface area contributed by atoms with Crippen LogP contribution in [0.2, 0.25) is 0 Å². The van der Waals surface area contributed by atoms with Gasteiger partial charge in [0, 0.05) is 30.2 Å². The van der Waals surface area contributed by atoms with Gasteiger partial charge >= 0.3 is 5.97 Å². The number of carboxylic acid groups (broad SMARTS) is 1. The summed E-state index contributed by atoms with van der Waals surface area (Å²) in [7, 11) is 0. The quantitative estimate of drug-likeness (QED) is 0.786. The molecule has 1 aliphatic heterocycles. The van der Waals surface area contributed by atoms with Gasteiger partial charge in [0.15, 0.2) is 0 Å². The standard InChI is InChI=1S/C16H21NO4S/c1-22-13-4-2-12(3-5-13)15(18)17-10-14(16(19)20)11-6-8-21-9-7-11/h2-5,11,14H,6-10H2,1H3,(H,17,18)(H,19,20). The minimum absolute atomic E-state index is 0.0606. The lowest BCUT2D eigenvalue weighted by molar-refractivity contribution is -0.144.